The first-order valence-corrected chi connectivity index (χ1v) is 16.5. The number of halogens is 4. The summed E-state index contributed by atoms with van der Waals surface area (Å²) in [6.07, 6.45) is 3.56. The Hall–Kier alpha value is -3.12. The predicted octanol–water partition coefficient (Wildman–Crippen LogP) is 4.84. The summed E-state index contributed by atoms with van der Waals surface area (Å²) in [7, 11) is 2.25. The maximum atomic E-state index is 13.4. The highest BCUT2D eigenvalue weighted by Crippen LogP contribution is 2.32. The van der Waals surface area contributed by atoms with Gasteiger partial charge in [-0.05, 0) is 66.7 Å². The van der Waals surface area contributed by atoms with Crippen molar-refractivity contribution in [1.82, 2.24) is 24.7 Å². The third kappa shape index (κ3) is 10.4. The minimum atomic E-state index is -5.08. The quantitative estimate of drug-likeness (QED) is 0.363. The molecule has 1 aromatic carbocycles. The molecule has 5 rings (SSSR count). The average Bonchev–Trinajstić information content (AvgIpc) is 3.56. The van der Waals surface area contributed by atoms with Crippen LogP contribution in [0.25, 0.3) is 0 Å². The van der Waals surface area contributed by atoms with Gasteiger partial charge in [-0.3, -0.25) is 9.69 Å². The van der Waals surface area contributed by atoms with Crippen molar-refractivity contribution in [3.05, 3.63) is 51.9 Å². The molecule has 1 unspecified atom stereocenters. The van der Waals surface area contributed by atoms with Gasteiger partial charge in [0.2, 0.25) is 5.82 Å². The molecule has 1 saturated carbocycles. The first-order chi connectivity index (χ1) is 21.9. The number of ketones is 1. The first kappa shape index (κ1) is 35.7. The molecule has 3 aliphatic rings. The molecule has 250 valence electrons. The van der Waals surface area contributed by atoms with E-state index in [4.69, 9.17) is 9.90 Å². The summed E-state index contributed by atoms with van der Waals surface area (Å²) in [5.74, 6) is -1.12. The normalized spacial score (nSPS) is 20.0. The zero-order chi connectivity index (χ0) is 33.3. The van der Waals surface area contributed by atoms with Crippen molar-refractivity contribution in [2.45, 2.75) is 57.3 Å². The number of carbonyl (C=O) groups excluding carboxylic acids is 1. The number of carboxylic acid groups (broad SMARTS) is 1. The van der Waals surface area contributed by atoms with E-state index in [0.29, 0.717) is 10.3 Å². The van der Waals surface area contributed by atoms with E-state index in [-0.39, 0.29) is 24.2 Å². The number of likely N-dealkylation sites (tertiary alicyclic amines) is 1. The smallest absolute Gasteiger partial charge is 0.475 e. The molecule has 1 aliphatic carbocycles. The molecular weight excluding hydrogens is 667 g/mol. The van der Waals surface area contributed by atoms with E-state index >= 15 is 0 Å². The highest BCUT2D eigenvalue weighted by molar-refractivity contribution is 9.10. The first-order valence-electron chi connectivity index (χ1n) is 15.7. The van der Waals surface area contributed by atoms with Crippen LogP contribution in [-0.2, 0) is 11.3 Å². The van der Waals surface area contributed by atoms with Gasteiger partial charge in [0, 0.05) is 63.6 Å². The number of anilines is 1. The number of Topliss-reactive ketones (excluding diaryl/α,β-unsaturated/α-hetero) is 1. The topological polar surface area (TPSA) is 117 Å². The number of rotatable bonds is 9. The molecule has 1 N–H and O–H groups in total. The molecule has 2 saturated heterocycles. The van der Waals surface area contributed by atoms with Gasteiger partial charge in [0.25, 0.3) is 0 Å². The molecule has 0 bridgehead atoms. The lowest BCUT2D eigenvalue weighted by atomic mass is 9.97. The number of hydrogen-bond acceptors (Lipinski definition) is 9. The largest absolute Gasteiger partial charge is 0.490 e. The van der Waals surface area contributed by atoms with Gasteiger partial charge in [-0.25, -0.2) is 14.8 Å². The van der Waals surface area contributed by atoms with Crippen LogP contribution in [0.5, 0.6) is 0 Å². The minimum Gasteiger partial charge on any atom is -0.475 e. The number of nitriles is 1. The van der Waals surface area contributed by atoms with E-state index in [2.05, 4.69) is 64.7 Å². The van der Waals surface area contributed by atoms with Crippen molar-refractivity contribution >= 4 is 33.5 Å². The average molecular weight is 709 g/mol. The van der Waals surface area contributed by atoms with E-state index < -0.39 is 12.1 Å². The molecule has 1 aromatic heterocycles. The Balaban J connectivity index is 0.000000617. The van der Waals surface area contributed by atoms with Crippen molar-refractivity contribution < 1.29 is 27.9 Å². The Kier molecular flexibility index (Phi) is 12.9. The fourth-order valence-electron chi connectivity index (χ4n) is 6.42. The van der Waals surface area contributed by atoms with E-state index in [1.165, 1.54) is 38.0 Å². The van der Waals surface area contributed by atoms with E-state index in [1.807, 2.05) is 18.2 Å². The van der Waals surface area contributed by atoms with Gasteiger partial charge in [-0.2, -0.15) is 18.4 Å². The zero-order valence-electron chi connectivity index (χ0n) is 26.1. The van der Waals surface area contributed by atoms with Crippen LogP contribution in [0.1, 0.15) is 60.3 Å². The molecule has 0 spiro atoms. The Bertz CT molecular complexity index is 1360. The Morgan fingerprint density at radius 2 is 1.67 bits per heavy atom. The standard InChI is InChI=1S/C30H40BrN7O.C2HF3O2/c1-35-12-4-5-24(19-35)21-37-15-13-36(14-16-37)20-23-8-10-25(11-9-23)28(39)22-38(26-6-2-3-7-26)30-27(31)18-33-29(17-32)34-30;3-2(4,5)1(6)7/h8-11,18,24,26H,2-7,12-16,19-22H2,1H3;(H,6,7). The Morgan fingerprint density at radius 3 is 2.26 bits per heavy atom. The summed E-state index contributed by atoms with van der Waals surface area (Å²) in [5.41, 5.74) is 1.97. The van der Waals surface area contributed by atoms with Crippen LogP contribution in [0.15, 0.2) is 34.9 Å². The molecule has 10 nitrogen and oxygen atoms in total. The zero-order valence-corrected chi connectivity index (χ0v) is 27.6. The summed E-state index contributed by atoms with van der Waals surface area (Å²) < 4.78 is 32.4. The molecule has 14 heteroatoms. The number of piperidine rings is 1. The number of aromatic nitrogens is 2. The lowest BCUT2D eigenvalue weighted by Crippen LogP contribution is -2.48. The van der Waals surface area contributed by atoms with E-state index in [9.17, 15) is 23.2 Å². The second-order valence-corrected chi connectivity index (χ2v) is 13.2. The fourth-order valence-corrected chi connectivity index (χ4v) is 6.84. The molecule has 3 fully saturated rings. The summed E-state index contributed by atoms with van der Waals surface area (Å²) in [5, 5.41) is 16.4. The van der Waals surface area contributed by atoms with E-state index in [1.54, 1.807) is 6.20 Å². The second kappa shape index (κ2) is 16.6. The molecular formula is C32H41BrF3N7O3. The number of aliphatic carboxylic acids is 1. The molecule has 3 heterocycles. The molecule has 0 radical (unpaired) electrons. The van der Waals surface area contributed by atoms with E-state index in [0.717, 1.165) is 69.9 Å². The van der Waals surface area contributed by atoms with Crippen LogP contribution in [0, 0.1) is 17.2 Å². The molecule has 2 aliphatic heterocycles. The van der Waals surface area contributed by atoms with Crippen molar-refractivity contribution in [2.24, 2.45) is 5.92 Å². The maximum Gasteiger partial charge on any atom is 0.490 e. The van der Waals surface area contributed by atoms with Crippen LogP contribution in [-0.4, -0.2) is 113 Å². The molecule has 2 aromatic rings. The second-order valence-electron chi connectivity index (χ2n) is 12.3. The summed E-state index contributed by atoms with van der Waals surface area (Å²) in [6, 6.07) is 10.4. The van der Waals surface area contributed by atoms with Gasteiger partial charge in [-0.1, -0.05) is 37.1 Å². The molecule has 0 amide bonds. The van der Waals surface area contributed by atoms with Crippen molar-refractivity contribution in [3.8, 4) is 6.07 Å². The van der Waals surface area contributed by atoms with Crippen LogP contribution in [0.3, 0.4) is 0 Å². The summed E-state index contributed by atoms with van der Waals surface area (Å²) in [4.78, 5) is 40.5. The van der Waals surface area contributed by atoms with Crippen LogP contribution in [0.4, 0.5) is 19.0 Å². The third-order valence-corrected chi connectivity index (χ3v) is 9.36. The highest BCUT2D eigenvalue weighted by atomic mass is 79.9. The van der Waals surface area contributed by atoms with Crippen LogP contribution < -0.4 is 4.90 Å². The lowest BCUT2D eigenvalue weighted by molar-refractivity contribution is -0.192. The minimum absolute atomic E-state index is 0.0689. The monoisotopic (exact) mass is 707 g/mol. The Labute approximate surface area is 276 Å². The molecule has 1 atom stereocenters. The molecule has 46 heavy (non-hydrogen) atoms. The maximum absolute atomic E-state index is 13.4. The predicted molar refractivity (Wildman–Crippen MR) is 170 cm³/mol. The van der Waals surface area contributed by atoms with Crippen molar-refractivity contribution in [2.75, 3.05) is 64.3 Å². The lowest BCUT2D eigenvalue weighted by Gasteiger charge is -2.38. The third-order valence-electron chi connectivity index (χ3n) is 8.81. The fraction of sp³-hybridized carbons (Fsp3) is 0.594. The Morgan fingerprint density at radius 1 is 1.04 bits per heavy atom. The number of piperazine rings is 1. The van der Waals surface area contributed by atoms with Gasteiger partial charge in [0.15, 0.2) is 5.78 Å². The van der Waals surface area contributed by atoms with Crippen LogP contribution >= 0.6 is 15.9 Å². The van der Waals surface area contributed by atoms with Gasteiger partial charge in [0.1, 0.15) is 11.9 Å². The highest BCUT2D eigenvalue weighted by Gasteiger charge is 2.38. The number of nitrogens with zero attached hydrogens (tertiary/aromatic N) is 7. The number of carboxylic acids is 1. The van der Waals surface area contributed by atoms with Gasteiger partial charge < -0.3 is 19.8 Å². The van der Waals surface area contributed by atoms with Gasteiger partial charge in [0.05, 0.1) is 11.0 Å². The number of alkyl halides is 3. The summed E-state index contributed by atoms with van der Waals surface area (Å²) >= 11 is 3.54. The SMILES string of the molecule is CN1CCCC(CN2CCN(Cc3ccc(C(=O)CN(c4nc(C#N)ncc4Br)C4CCCC4)cc3)CC2)C1.O=C(O)C(F)(F)F. The number of carbonyl (C=O) groups is 2. The number of benzene rings is 1. The van der Waals surface area contributed by atoms with Crippen LogP contribution in [0.2, 0.25) is 0 Å². The van der Waals surface area contributed by atoms with Gasteiger partial charge in [-0.15, -0.1) is 0 Å². The van der Waals surface area contributed by atoms with Crippen molar-refractivity contribution in [3.63, 3.8) is 0 Å². The van der Waals surface area contributed by atoms with Gasteiger partial charge >= 0.3 is 12.1 Å². The summed E-state index contributed by atoms with van der Waals surface area (Å²) in [6.45, 7) is 9.35. The van der Waals surface area contributed by atoms with Crippen molar-refractivity contribution in [1.29, 1.82) is 5.26 Å². The number of hydrogen-bond donors (Lipinski definition) is 1.